The number of hydrogen-bond acceptors (Lipinski definition) is 4. The van der Waals surface area contributed by atoms with Crippen molar-refractivity contribution < 1.29 is 44.7 Å². The standard InChI is InChI=1S/C14H16F8N2O2/c1-7(5-9(25)13(19,20)11(15)16)23-3-4-24-8(2)6-10(26)14(21,22)12(17)18/h5-6,11-12,23-24H,3-4H2,1-2H3. The number of carbonyl (C=O) groups excluding carboxylic acids is 2. The third kappa shape index (κ3) is 7.00. The van der Waals surface area contributed by atoms with Crippen LogP contribution in [-0.4, -0.2) is 49.4 Å². The van der Waals surface area contributed by atoms with Crippen LogP contribution >= 0.6 is 0 Å². The monoisotopic (exact) mass is 396 g/mol. The Morgan fingerprint density at radius 2 is 1.04 bits per heavy atom. The van der Waals surface area contributed by atoms with E-state index in [1.165, 1.54) is 0 Å². The first kappa shape index (κ1) is 23.9. The van der Waals surface area contributed by atoms with Gasteiger partial charge in [-0.1, -0.05) is 0 Å². The summed E-state index contributed by atoms with van der Waals surface area (Å²) in [7, 11) is 0. The molecular formula is C14H16F8N2O2. The Kier molecular flexibility index (Phi) is 8.74. The first-order chi connectivity index (χ1) is 11.7. The van der Waals surface area contributed by atoms with Crippen molar-refractivity contribution >= 4 is 11.6 Å². The highest BCUT2D eigenvalue weighted by Crippen LogP contribution is 2.25. The van der Waals surface area contributed by atoms with Gasteiger partial charge in [-0.25, -0.2) is 17.6 Å². The maximum absolute atomic E-state index is 12.7. The van der Waals surface area contributed by atoms with Gasteiger partial charge in [0.05, 0.1) is 0 Å². The third-order valence-corrected chi connectivity index (χ3v) is 2.83. The molecule has 0 aromatic carbocycles. The second-order valence-corrected chi connectivity index (χ2v) is 5.08. The predicted molar refractivity (Wildman–Crippen MR) is 75.4 cm³/mol. The summed E-state index contributed by atoms with van der Waals surface area (Å²) in [6.07, 6.45) is -7.75. The zero-order valence-electron chi connectivity index (χ0n) is 13.6. The van der Waals surface area contributed by atoms with E-state index in [-0.39, 0.29) is 36.6 Å². The van der Waals surface area contributed by atoms with Crippen molar-refractivity contribution in [3.05, 3.63) is 23.5 Å². The minimum atomic E-state index is -4.82. The van der Waals surface area contributed by atoms with Crippen LogP contribution in [0.1, 0.15) is 13.8 Å². The van der Waals surface area contributed by atoms with Crippen molar-refractivity contribution in [3.8, 4) is 0 Å². The molecule has 0 aromatic heterocycles. The van der Waals surface area contributed by atoms with E-state index in [2.05, 4.69) is 10.6 Å². The summed E-state index contributed by atoms with van der Waals surface area (Å²) in [6, 6.07) is 0. The molecule has 0 spiro atoms. The lowest BCUT2D eigenvalue weighted by molar-refractivity contribution is -0.162. The fraction of sp³-hybridized carbons (Fsp3) is 0.571. The molecule has 0 aliphatic carbocycles. The molecule has 0 aliphatic rings. The van der Waals surface area contributed by atoms with Crippen LogP contribution in [-0.2, 0) is 9.59 Å². The lowest BCUT2D eigenvalue weighted by Crippen LogP contribution is -2.36. The van der Waals surface area contributed by atoms with E-state index in [1.54, 1.807) is 0 Å². The summed E-state index contributed by atoms with van der Waals surface area (Å²) < 4.78 is 98.9. The maximum atomic E-state index is 12.7. The maximum Gasteiger partial charge on any atom is 0.368 e. The highest BCUT2D eigenvalue weighted by molar-refractivity contribution is 5.96. The molecule has 26 heavy (non-hydrogen) atoms. The van der Waals surface area contributed by atoms with Gasteiger partial charge in [-0.2, -0.15) is 17.6 Å². The minimum absolute atomic E-state index is 0.0829. The van der Waals surface area contributed by atoms with Gasteiger partial charge >= 0.3 is 24.7 Å². The van der Waals surface area contributed by atoms with E-state index in [0.717, 1.165) is 13.8 Å². The molecule has 0 fully saturated rings. The normalized spacial score (nSPS) is 14.0. The summed E-state index contributed by atoms with van der Waals surface area (Å²) >= 11 is 0. The molecule has 0 radical (unpaired) electrons. The fourth-order valence-electron chi connectivity index (χ4n) is 1.42. The van der Waals surface area contributed by atoms with Crippen LogP contribution in [0.25, 0.3) is 0 Å². The van der Waals surface area contributed by atoms with E-state index in [9.17, 15) is 44.7 Å². The molecule has 0 bridgehead atoms. The van der Waals surface area contributed by atoms with E-state index < -0.39 is 36.3 Å². The number of rotatable bonds is 11. The Bertz CT molecular complexity index is 523. The second-order valence-electron chi connectivity index (χ2n) is 5.08. The summed E-state index contributed by atoms with van der Waals surface area (Å²) in [5, 5.41) is 4.80. The van der Waals surface area contributed by atoms with Crippen molar-refractivity contribution in [1.82, 2.24) is 10.6 Å². The molecule has 0 saturated carbocycles. The Labute approximate surface area is 143 Å². The third-order valence-electron chi connectivity index (χ3n) is 2.83. The van der Waals surface area contributed by atoms with Crippen molar-refractivity contribution in [1.29, 1.82) is 0 Å². The number of allylic oxidation sites excluding steroid dienone is 4. The molecule has 0 saturated heterocycles. The molecule has 0 unspecified atom stereocenters. The van der Waals surface area contributed by atoms with Gasteiger partial charge in [0.25, 0.3) is 0 Å². The zero-order valence-corrected chi connectivity index (χ0v) is 13.6. The predicted octanol–water partition coefficient (Wildman–Crippen LogP) is 2.91. The summed E-state index contributed by atoms with van der Waals surface area (Å²) in [5.41, 5.74) is -0.335. The van der Waals surface area contributed by atoms with Crippen LogP contribution in [0, 0.1) is 0 Å². The summed E-state index contributed by atoms with van der Waals surface area (Å²) in [5.74, 6) is -13.8. The van der Waals surface area contributed by atoms with Crippen LogP contribution in [0.2, 0.25) is 0 Å². The summed E-state index contributed by atoms with van der Waals surface area (Å²) in [4.78, 5) is 22.0. The number of nitrogens with one attached hydrogen (secondary N) is 2. The molecule has 0 heterocycles. The molecule has 150 valence electrons. The van der Waals surface area contributed by atoms with Gasteiger partial charge in [-0.05, 0) is 13.8 Å². The molecule has 0 aromatic rings. The zero-order chi connectivity index (χ0) is 20.7. The van der Waals surface area contributed by atoms with Crippen LogP contribution in [0.15, 0.2) is 23.5 Å². The average Bonchev–Trinajstić information content (AvgIpc) is 2.50. The fourth-order valence-corrected chi connectivity index (χ4v) is 1.42. The molecule has 0 aliphatic heterocycles. The number of hydrogen-bond donors (Lipinski definition) is 2. The van der Waals surface area contributed by atoms with Crippen LogP contribution in [0.4, 0.5) is 35.1 Å². The highest BCUT2D eigenvalue weighted by atomic mass is 19.3. The number of ketones is 2. The second kappa shape index (κ2) is 9.53. The van der Waals surface area contributed by atoms with E-state index >= 15 is 0 Å². The first-order valence-corrected chi connectivity index (χ1v) is 6.98. The summed E-state index contributed by atoms with van der Waals surface area (Å²) in [6.45, 7) is 2.13. The number of alkyl halides is 8. The van der Waals surface area contributed by atoms with E-state index in [1.807, 2.05) is 0 Å². The molecule has 4 nitrogen and oxygen atoms in total. The first-order valence-electron chi connectivity index (χ1n) is 6.98. The quantitative estimate of drug-likeness (QED) is 0.320. The van der Waals surface area contributed by atoms with Gasteiger partial charge in [0.2, 0.25) is 11.6 Å². The molecule has 0 amide bonds. The molecule has 12 heteroatoms. The lowest BCUT2D eigenvalue weighted by atomic mass is 10.2. The average molecular weight is 396 g/mol. The Balaban J connectivity index is 4.50. The van der Waals surface area contributed by atoms with Crippen LogP contribution in [0.5, 0.6) is 0 Å². The minimum Gasteiger partial charge on any atom is -0.387 e. The van der Waals surface area contributed by atoms with Gasteiger partial charge in [-0.3, -0.25) is 9.59 Å². The van der Waals surface area contributed by atoms with Crippen molar-refractivity contribution in [2.45, 2.75) is 38.5 Å². The lowest BCUT2D eigenvalue weighted by Gasteiger charge is -2.14. The smallest absolute Gasteiger partial charge is 0.368 e. The van der Waals surface area contributed by atoms with Gasteiger partial charge in [0, 0.05) is 36.6 Å². The Hall–Kier alpha value is -2.14. The van der Waals surface area contributed by atoms with Gasteiger partial charge in [0.1, 0.15) is 0 Å². The molecule has 2 N–H and O–H groups in total. The highest BCUT2D eigenvalue weighted by Gasteiger charge is 2.48. The van der Waals surface area contributed by atoms with E-state index in [0.29, 0.717) is 0 Å². The number of halogens is 8. The van der Waals surface area contributed by atoms with Crippen molar-refractivity contribution in [2.75, 3.05) is 13.1 Å². The SMILES string of the molecule is CC(=CC(=O)C(F)(F)C(F)F)NCCNC(C)=CC(=O)C(F)(F)C(F)F. The number of carbonyl (C=O) groups is 2. The Morgan fingerprint density at radius 3 is 1.27 bits per heavy atom. The van der Waals surface area contributed by atoms with Gasteiger partial charge in [-0.15, -0.1) is 0 Å². The molecule has 0 rings (SSSR count). The van der Waals surface area contributed by atoms with Crippen LogP contribution in [0.3, 0.4) is 0 Å². The largest absolute Gasteiger partial charge is 0.387 e. The van der Waals surface area contributed by atoms with Gasteiger partial charge in [0.15, 0.2) is 0 Å². The Morgan fingerprint density at radius 1 is 0.769 bits per heavy atom. The molecule has 0 atom stereocenters. The topological polar surface area (TPSA) is 58.2 Å². The molecular weight excluding hydrogens is 380 g/mol. The van der Waals surface area contributed by atoms with Gasteiger partial charge < -0.3 is 10.6 Å². The van der Waals surface area contributed by atoms with E-state index in [4.69, 9.17) is 0 Å². The van der Waals surface area contributed by atoms with Crippen molar-refractivity contribution in [3.63, 3.8) is 0 Å². The van der Waals surface area contributed by atoms with Crippen LogP contribution < -0.4 is 10.6 Å². The van der Waals surface area contributed by atoms with Crippen molar-refractivity contribution in [2.24, 2.45) is 0 Å².